The first kappa shape index (κ1) is 77.8. The predicted molar refractivity (Wildman–Crippen MR) is 361 cm³/mol. The number of hydrogen-bond donors (Lipinski definition) is 0. The lowest BCUT2D eigenvalue weighted by molar-refractivity contribution is -0.167. The van der Waals surface area contributed by atoms with Crippen LogP contribution in [-0.4, -0.2) is 37.2 Å². The Bertz CT molecular complexity index is 1890. The number of unbranched alkanes of at least 4 members (excludes halogenated alkanes) is 20. The number of carbonyl (C=O) groups is 3. The summed E-state index contributed by atoms with van der Waals surface area (Å²) < 4.78 is 16.9. The van der Waals surface area contributed by atoms with E-state index in [1.807, 2.05) is 0 Å². The molecule has 0 N–H and O–H groups in total. The summed E-state index contributed by atoms with van der Waals surface area (Å²) in [6.45, 7) is 6.35. The number of rotatable bonds is 59. The van der Waals surface area contributed by atoms with Crippen molar-refractivity contribution in [2.75, 3.05) is 13.2 Å². The van der Waals surface area contributed by atoms with E-state index in [4.69, 9.17) is 14.2 Å². The molecule has 6 nitrogen and oxygen atoms in total. The van der Waals surface area contributed by atoms with Crippen molar-refractivity contribution in [3.8, 4) is 0 Å². The number of esters is 3. The zero-order valence-corrected chi connectivity index (χ0v) is 53.4. The van der Waals surface area contributed by atoms with Gasteiger partial charge in [-0.2, -0.15) is 0 Å². The Labute approximate surface area is 511 Å². The third kappa shape index (κ3) is 67.4. The zero-order chi connectivity index (χ0) is 59.9. The van der Waals surface area contributed by atoms with E-state index in [1.54, 1.807) is 0 Å². The second-order valence-electron chi connectivity index (χ2n) is 21.6. The number of allylic oxidation sites excluding steroid dienone is 28. The molecular formula is C77H122O6. The minimum atomic E-state index is -0.821. The van der Waals surface area contributed by atoms with Crippen LogP contribution >= 0.6 is 0 Å². The quantitative estimate of drug-likeness (QED) is 0.0261. The summed E-state index contributed by atoms with van der Waals surface area (Å²) in [5, 5.41) is 0. The molecule has 0 aromatic heterocycles. The van der Waals surface area contributed by atoms with Crippen LogP contribution in [0.1, 0.15) is 278 Å². The van der Waals surface area contributed by atoms with E-state index in [2.05, 4.69) is 191 Å². The summed E-state index contributed by atoms with van der Waals surface area (Å²) in [5.74, 6) is -0.999. The molecule has 0 saturated carbocycles. The maximum Gasteiger partial charge on any atom is 0.306 e. The molecular weight excluding hydrogens is 1020 g/mol. The van der Waals surface area contributed by atoms with Gasteiger partial charge in [-0.05, 0) is 135 Å². The van der Waals surface area contributed by atoms with Crippen molar-refractivity contribution in [2.24, 2.45) is 0 Å². The highest BCUT2D eigenvalue weighted by molar-refractivity contribution is 5.71. The van der Waals surface area contributed by atoms with Gasteiger partial charge in [-0.3, -0.25) is 14.4 Å². The van der Waals surface area contributed by atoms with Crippen molar-refractivity contribution in [2.45, 2.75) is 284 Å². The van der Waals surface area contributed by atoms with Crippen LogP contribution in [0.2, 0.25) is 0 Å². The summed E-state index contributed by atoms with van der Waals surface area (Å²) in [6, 6.07) is 0. The standard InChI is InChI=1S/C77H122O6/c1-4-7-10-13-16-19-22-25-28-30-31-32-33-34-35-36-37-38-39-40-41-42-43-44-45-47-49-52-55-58-61-64-67-70-76(79)82-73-74(72-81-75(78)69-66-63-60-57-54-51-48-27-24-21-18-15-12-9-6-3)83-77(80)71-68-65-62-59-56-53-50-46-29-26-23-20-17-14-11-8-5-2/h7,9-10,12,16,18-19,21,25,27-28,31-32,34-35,37-38,40-41,43-44,47-49,54-55,57-58,74H,4-6,8,11,13-15,17,20,22-24,26,29-30,33,36,39,42,45-46,50-53,56,59-73H2,1-3H3/b10-7-,12-9-,19-16-,21-18-,28-25-,32-31-,35-34-,38-37-,41-40-,44-43-,48-27-,49-47-,57-54-,58-55-. The summed E-state index contributed by atoms with van der Waals surface area (Å²) in [4.78, 5) is 38.3. The highest BCUT2D eigenvalue weighted by Gasteiger charge is 2.19. The van der Waals surface area contributed by atoms with E-state index in [-0.39, 0.29) is 37.5 Å². The molecule has 6 heteroatoms. The maximum absolute atomic E-state index is 12.9. The van der Waals surface area contributed by atoms with E-state index >= 15 is 0 Å². The first-order chi connectivity index (χ1) is 41.0. The van der Waals surface area contributed by atoms with Crippen molar-refractivity contribution in [3.63, 3.8) is 0 Å². The highest BCUT2D eigenvalue weighted by Crippen LogP contribution is 2.16. The van der Waals surface area contributed by atoms with Crippen molar-refractivity contribution >= 4 is 17.9 Å². The van der Waals surface area contributed by atoms with E-state index in [9.17, 15) is 14.4 Å². The van der Waals surface area contributed by atoms with E-state index in [0.29, 0.717) is 25.7 Å². The molecule has 0 spiro atoms. The molecule has 1 atom stereocenters. The Hall–Kier alpha value is -5.23. The lowest BCUT2D eigenvalue weighted by Crippen LogP contribution is -2.30. The van der Waals surface area contributed by atoms with Crippen molar-refractivity contribution in [1.82, 2.24) is 0 Å². The summed E-state index contributed by atoms with van der Waals surface area (Å²) in [5.41, 5.74) is 0. The van der Waals surface area contributed by atoms with Crippen LogP contribution in [0.5, 0.6) is 0 Å². The molecule has 83 heavy (non-hydrogen) atoms. The van der Waals surface area contributed by atoms with Gasteiger partial charge in [0, 0.05) is 19.3 Å². The average molecular weight is 1140 g/mol. The van der Waals surface area contributed by atoms with Crippen molar-refractivity contribution < 1.29 is 28.6 Å². The molecule has 0 amide bonds. The Morgan fingerprint density at radius 1 is 0.253 bits per heavy atom. The van der Waals surface area contributed by atoms with E-state index in [1.165, 1.54) is 89.9 Å². The average Bonchev–Trinajstić information content (AvgIpc) is 3.49. The minimum Gasteiger partial charge on any atom is -0.462 e. The molecule has 0 rings (SSSR count). The van der Waals surface area contributed by atoms with E-state index < -0.39 is 6.10 Å². The SMILES string of the molecule is CC/C=C\C/C=C\C/C=C\C/C=C\C/C=C\C/C=C\C/C=C\C/C=C\C/C=C\C/C=C\CCCCC(=O)OCC(COC(=O)CCCC/C=C\C/C=C\C/C=C\C/C=C\CC)OC(=O)CCCCCCCCCCCCCCCCCCC. The minimum absolute atomic E-state index is 0.118. The number of hydrogen-bond acceptors (Lipinski definition) is 6. The molecule has 466 valence electrons. The summed E-state index contributed by atoms with van der Waals surface area (Å²) in [7, 11) is 0. The van der Waals surface area contributed by atoms with Gasteiger partial charge in [0.1, 0.15) is 13.2 Å². The van der Waals surface area contributed by atoms with Crippen molar-refractivity contribution in [1.29, 1.82) is 0 Å². The van der Waals surface area contributed by atoms with Crippen LogP contribution in [0.25, 0.3) is 0 Å². The molecule has 0 aromatic rings. The lowest BCUT2D eigenvalue weighted by atomic mass is 10.0. The van der Waals surface area contributed by atoms with Crippen LogP contribution in [0.15, 0.2) is 170 Å². The molecule has 0 aromatic carbocycles. The maximum atomic E-state index is 12.9. The molecule has 0 fully saturated rings. The van der Waals surface area contributed by atoms with Gasteiger partial charge in [0.2, 0.25) is 0 Å². The van der Waals surface area contributed by atoms with Crippen LogP contribution in [0.4, 0.5) is 0 Å². The van der Waals surface area contributed by atoms with Gasteiger partial charge in [-0.25, -0.2) is 0 Å². The molecule has 0 aliphatic heterocycles. The molecule has 0 bridgehead atoms. The third-order valence-corrected chi connectivity index (χ3v) is 13.7. The molecule has 0 radical (unpaired) electrons. The summed E-state index contributed by atoms with van der Waals surface area (Å²) in [6.07, 6.45) is 102. The van der Waals surface area contributed by atoms with Gasteiger partial charge in [-0.15, -0.1) is 0 Å². The van der Waals surface area contributed by atoms with Gasteiger partial charge >= 0.3 is 17.9 Å². The molecule has 0 aliphatic carbocycles. The van der Waals surface area contributed by atoms with Crippen LogP contribution in [0, 0.1) is 0 Å². The highest BCUT2D eigenvalue weighted by atomic mass is 16.6. The number of ether oxygens (including phenoxy) is 3. The largest absolute Gasteiger partial charge is 0.462 e. The molecule has 0 heterocycles. The Kier molecular flexibility index (Phi) is 64.9. The molecule has 0 saturated heterocycles. The lowest BCUT2D eigenvalue weighted by Gasteiger charge is -2.18. The van der Waals surface area contributed by atoms with Gasteiger partial charge in [0.25, 0.3) is 0 Å². The number of carbonyl (C=O) groups excluding carboxylic acids is 3. The molecule has 1 unspecified atom stereocenters. The normalized spacial score (nSPS) is 13.2. The monoisotopic (exact) mass is 1140 g/mol. The van der Waals surface area contributed by atoms with Gasteiger partial charge < -0.3 is 14.2 Å². The van der Waals surface area contributed by atoms with Gasteiger partial charge in [0.15, 0.2) is 6.10 Å². The molecule has 0 aliphatic rings. The Morgan fingerprint density at radius 3 is 0.735 bits per heavy atom. The third-order valence-electron chi connectivity index (χ3n) is 13.7. The summed E-state index contributed by atoms with van der Waals surface area (Å²) >= 11 is 0. The Balaban J connectivity index is 4.45. The van der Waals surface area contributed by atoms with Gasteiger partial charge in [0.05, 0.1) is 0 Å². The van der Waals surface area contributed by atoms with Gasteiger partial charge in [-0.1, -0.05) is 294 Å². The van der Waals surface area contributed by atoms with Crippen LogP contribution < -0.4 is 0 Å². The first-order valence-electron chi connectivity index (χ1n) is 33.6. The fourth-order valence-electron chi connectivity index (χ4n) is 8.76. The second-order valence-corrected chi connectivity index (χ2v) is 21.6. The van der Waals surface area contributed by atoms with Crippen molar-refractivity contribution in [3.05, 3.63) is 170 Å². The fourth-order valence-corrected chi connectivity index (χ4v) is 8.76. The van der Waals surface area contributed by atoms with E-state index in [0.717, 1.165) is 135 Å². The smallest absolute Gasteiger partial charge is 0.306 e. The fraction of sp³-hybridized carbons (Fsp3) is 0.597. The zero-order valence-electron chi connectivity index (χ0n) is 53.4. The topological polar surface area (TPSA) is 78.9 Å². The predicted octanol–water partition coefficient (Wildman–Crippen LogP) is 23.4. The van der Waals surface area contributed by atoms with Crippen LogP contribution in [-0.2, 0) is 28.6 Å². The first-order valence-corrected chi connectivity index (χ1v) is 33.6. The van der Waals surface area contributed by atoms with Crippen LogP contribution in [0.3, 0.4) is 0 Å². The second kappa shape index (κ2) is 69.3. The Morgan fingerprint density at radius 2 is 0.470 bits per heavy atom.